The maximum absolute atomic E-state index is 13.4. The van der Waals surface area contributed by atoms with E-state index in [9.17, 15) is 13.2 Å². The summed E-state index contributed by atoms with van der Waals surface area (Å²) in [4.78, 5) is 11.3. The average Bonchev–Trinajstić information content (AvgIpc) is 3.20. The normalized spacial score (nSPS) is 17.1. The number of piperidine rings is 1. The Morgan fingerprint density at radius 3 is 2.55 bits per heavy atom. The maximum atomic E-state index is 13.4. The second-order valence-corrected chi connectivity index (χ2v) is 7.55. The number of fused-ring (bicyclic) bond motifs is 1. The molecule has 5 nitrogen and oxygen atoms in total. The van der Waals surface area contributed by atoms with Crippen LogP contribution in [0, 0.1) is 13.8 Å². The highest BCUT2D eigenvalue weighted by molar-refractivity contribution is 5.82. The number of hydrogen-bond acceptors (Lipinski definition) is 5. The van der Waals surface area contributed by atoms with Crippen molar-refractivity contribution in [3.05, 3.63) is 53.6 Å². The van der Waals surface area contributed by atoms with E-state index in [4.69, 9.17) is 4.42 Å². The number of alkyl halides is 3. The van der Waals surface area contributed by atoms with Crippen molar-refractivity contribution in [1.82, 2.24) is 15.3 Å². The first-order valence-electron chi connectivity index (χ1n) is 9.67. The number of hydrogen-bond donors (Lipinski definition) is 1. The van der Waals surface area contributed by atoms with Crippen molar-refractivity contribution in [2.75, 3.05) is 18.0 Å². The fourth-order valence-electron chi connectivity index (χ4n) is 3.80. The summed E-state index contributed by atoms with van der Waals surface area (Å²) in [6.45, 7) is 5.18. The van der Waals surface area contributed by atoms with Crippen LogP contribution in [0.2, 0.25) is 0 Å². The standard InChI is InChI=1S/C21H23F3N4O/c1-13-5-6-17-16(12-13)14(2)25-20(27-17)28-9-7-15(8-10-28)26-19(21(22,23)24)18-4-3-11-29-18/h3-6,11-12,15,19,26H,7-10H2,1-2H3. The van der Waals surface area contributed by atoms with E-state index in [1.54, 1.807) is 0 Å². The summed E-state index contributed by atoms with van der Waals surface area (Å²) in [5.41, 5.74) is 2.94. The molecule has 3 aromatic rings. The minimum atomic E-state index is -4.41. The molecule has 0 aliphatic carbocycles. The molecule has 1 aromatic carbocycles. The van der Waals surface area contributed by atoms with Gasteiger partial charge in [-0.2, -0.15) is 13.2 Å². The molecular weight excluding hydrogens is 381 g/mol. The van der Waals surface area contributed by atoms with Gasteiger partial charge in [-0.3, -0.25) is 5.32 Å². The Kier molecular flexibility index (Phi) is 5.21. The smallest absolute Gasteiger partial charge is 0.411 e. The third kappa shape index (κ3) is 4.22. The Bertz CT molecular complexity index is 980. The topological polar surface area (TPSA) is 54.2 Å². The summed E-state index contributed by atoms with van der Waals surface area (Å²) in [5, 5.41) is 3.76. The van der Waals surface area contributed by atoms with Gasteiger partial charge in [0.1, 0.15) is 5.76 Å². The van der Waals surface area contributed by atoms with Crippen LogP contribution >= 0.6 is 0 Å². The largest absolute Gasteiger partial charge is 0.467 e. The lowest BCUT2D eigenvalue weighted by molar-refractivity contribution is -0.163. The molecule has 2 aromatic heterocycles. The van der Waals surface area contributed by atoms with Crippen LogP contribution in [0.1, 0.15) is 35.9 Å². The molecule has 1 aliphatic rings. The van der Waals surface area contributed by atoms with Crippen LogP contribution in [-0.2, 0) is 0 Å². The molecule has 3 heterocycles. The summed E-state index contributed by atoms with van der Waals surface area (Å²) >= 11 is 0. The monoisotopic (exact) mass is 404 g/mol. The molecule has 1 atom stereocenters. The second kappa shape index (κ2) is 7.67. The number of furan rings is 1. The van der Waals surface area contributed by atoms with Crippen molar-refractivity contribution in [1.29, 1.82) is 0 Å². The van der Waals surface area contributed by atoms with Gasteiger partial charge in [-0.25, -0.2) is 9.97 Å². The molecule has 29 heavy (non-hydrogen) atoms. The van der Waals surface area contributed by atoms with Gasteiger partial charge in [0.25, 0.3) is 0 Å². The molecule has 1 fully saturated rings. The molecular formula is C21H23F3N4O. The number of aryl methyl sites for hydroxylation is 2. The molecule has 0 amide bonds. The van der Waals surface area contributed by atoms with E-state index < -0.39 is 12.2 Å². The van der Waals surface area contributed by atoms with Crippen LogP contribution in [0.25, 0.3) is 10.9 Å². The quantitative estimate of drug-likeness (QED) is 0.683. The SMILES string of the molecule is Cc1ccc2nc(N3CCC(NC(c4ccco4)C(F)(F)F)CC3)nc(C)c2c1. The van der Waals surface area contributed by atoms with Gasteiger partial charge in [-0.15, -0.1) is 0 Å². The van der Waals surface area contributed by atoms with Crippen molar-refractivity contribution in [2.24, 2.45) is 0 Å². The third-order valence-electron chi connectivity index (χ3n) is 5.37. The van der Waals surface area contributed by atoms with Gasteiger partial charge in [0, 0.05) is 24.5 Å². The van der Waals surface area contributed by atoms with E-state index in [0.29, 0.717) is 31.9 Å². The molecule has 1 saturated heterocycles. The highest BCUT2D eigenvalue weighted by Crippen LogP contribution is 2.34. The van der Waals surface area contributed by atoms with Gasteiger partial charge in [-0.05, 0) is 51.0 Å². The Balaban J connectivity index is 1.45. The first-order valence-corrected chi connectivity index (χ1v) is 9.67. The number of anilines is 1. The fourth-order valence-corrected chi connectivity index (χ4v) is 3.80. The third-order valence-corrected chi connectivity index (χ3v) is 5.37. The average molecular weight is 404 g/mol. The zero-order valence-electron chi connectivity index (χ0n) is 16.3. The van der Waals surface area contributed by atoms with E-state index in [2.05, 4.69) is 21.4 Å². The highest BCUT2D eigenvalue weighted by atomic mass is 19.4. The fraction of sp³-hybridized carbons (Fsp3) is 0.429. The lowest BCUT2D eigenvalue weighted by Crippen LogP contribution is -2.47. The van der Waals surface area contributed by atoms with Crippen molar-refractivity contribution >= 4 is 16.9 Å². The van der Waals surface area contributed by atoms with Gasteiger partial charge >= 0.3 is 6.18 Å². The zero-order chi connectivity index (χ0) is 20.6. The number of aromatic nitrogens is 2. The molecule has 0 saturated carbocycles. The van der Waals surface area contributed by atoms with Crippen LogP contribution in [0.3, 0.4) is 0 Å². The molecule has 1 unspecified atom stereocenters. The molecule has 0 spiro atoms. The van der Waals surface area contributed by atoms with Crippen molar-refractivity contribution in [3.63, 3.8) is 0 Å². The van der Waals surface area contributed by atoms with Crippen LogP contribution in [0.4, 0.5) is 19.1 Å². The first-order chi connectivity index (χ1) is 13.8. The lowest BCUT2D eigenvalue weighted by Gasteiger charge is -2.34. The van der Waals surface area contributed by atoms with E-state index in [-0.39, 0.29) is 11.8 Å². The Morgan fingerprint density at radius 1 is 1.14 bits per heavy atom. The summed E-state index contributed by atoms with van der Waals surface area (Å²) in [5.74, 6) is 0.527. The summed E-state index contributed by atoms with van der Waals surface area (Å²) < 4.78 is 45.3. The van der Waals surface area contributed by atoms with Gasteiger partial charge in [0.15, 0.2) is 6.04 Å². The zero-order valence-corrected chi connectivity index (χ0v) is 16.3. The van der Waals surface area contributed by atoms with Crippen LogP contribution in [0.15, 0.2) is 41.0 Å². The predicted molar refractivity (Wildman–Crippen MR) is 105 cm³/mol. The number of nitrogens with zero attached hydrogens (tertiary/aromatic N) is 3. The molecule has 0 bridgehead atoms. The van der Waals surface area contributed by atoms with Gasteiger partial charge in [-0.1, -0.05) is 11.6 Å². The molecule has 1 N–H and O–H groups in total. The molecule has 4 rings (SSSR count). The Labute approximate surface area is 166 Å². The number of halogens is 3. The maximum Gasteiger partial charge on any atom is 0.411 e. The molecule has 154 valence electrons. The van der Waals surface area contributed by atoms with E-state index in [0.717, 1.165) is 22.2 Å². The van der Waals surface area contributed by atoms with Crippen molar-refractivity contribution < 1.29 is 17.6 Å². The lowest BCUT2D eigenvalue weighted by atomic mass is 10.0. The molecule has 8 heteroatoms. The van der Waals surface area contributed by atoms with E-state index >= 15 is 0 Å². The van der Waals surface area contributed by atoms with Crippen molar-refractivity contribution in [2.45, 2.75) is 44.9 Å². The molecule has 0 radical (unpaired) electrons. The van der Waals surface area contributed by atoms with Crippen molar-refractivity contribution in [3.8, 4) is 0 Å². The van der Waals surface area contributed by atoms with Crippen LogP contribution in [0.5, 0.6) is 0 Å². The second-order valence-electron chi connectivity index (χ2n) is 7.55. The van der Waals surface area contributed by atoms with Gasteiger partial charge < -0.3 is 9.32 Å². The Morgan fingerprint density at radius 2 is 1.90 bits per heavy atom. The number of rotatable bonds is 4. The number of nitrogens with one attached hydrogen (secondary N) is 1. The van der Waals surface area contributed by atoms with Gasteiger partial charge in [0.2, 0.25) is 5.95 Å². The minimum absolute atomic E-state index is 0.108. The van der Waals surface area contributed by atoms with Gasteiger partial charge in [0.05, 0.1) is 17.5 Å². The highest BCUT2D eigenvalue weighted by Gasteiger charge is 2.44. The summed E-state index contributed by atoms with van der Waals surface area (Å²) in [6, 6.07) is 6.84. The van der Waals surface area contributed by atoms with E-state index in [1.807, 2.05) is 30.9 Å². The first kappa shape index (κ1) is 19.7. The van der Waals surface area contributed by atoms with Crippen LogP contribution in [-0.4, -0.2) is 35.3 Å². The Hall–Kier alpha value is -2.61. The number of benzene rings is 1. The van der Waals surface area contributed by atoms with E-state index in [1.165, 1.54) is 18.4 Å². The minimum Gasteiger partial charge on any atom is -0.467 e. The summed E-state index contributed by atoms with van der Waals surface area (Å²) in [7, 11) is 0. The summed E-state index contributed by atoms with van der Waals surface area (Å²) in [6.07, 6.45) is -2.01. The molecule has 1 aliphatic heterocycles. The predicted octanol–water partition coefficient (Wildman–Crippen LogP) is 4.70. The van der Waals surface area contributed by atoms with Crippen LogP contribution < -0.4 is 10.2 Å².